The van der Waals surface area contributed by atoms with Gasteiger partial charge in [-0.2, -0.15) is 0 Å². The van der Waals surface area contributed by atoms with E-state index >= 15 is 0 Å². The van der Waals surface area contributed by atoms with Crippen LogP contribution >= 0.6 is 36.6 Å². The first-order valence-electron chi connectivity index (χ1n) is 5.37. The maximum atomic E-state index is 11.7. The fraction of sp³-hybridized carbons (Fsp3) is 0.0714. The molecule has 1 N–H and O–H groups in total. The molecule has 0 fully saturated rings. The molecule has 2 aromatic carbocycles. The highest BCUT2D eigenvalue weighted by Gasteiger charge is 2.02. The number of rotatable bonds is 4. The summed E-state index contributed by atoms with van der Waals surface area (Å²) in [6.07, 6.45) is 0. The topological polar surface area (TPSA) is 29.1 Å². The average molecular weight is 316 g/mol. The van der Waals surface area contributed by atoms with Crippen LogP contribution in [0.1, 0.15) is 10.4 Å². The van der Waals surface area contributed by atoms with Gasteiger partial charge in [-0.3, -0.25) is 4.79 Å². The Morgan fingerprint density at radius 3 is 2.00 bits per heavy atom. The standard InChI is InChI=1S/C14H13NOS.2ClH/c16-14(12-7-3-1-4-8-12)15-11-17-13-9-5-2-6-10-13;;/h1-10H,11H2,(H,15,16);2*1H. The Balaban J connectivity index is 0.00000162. The van der Waals surface area contributed by atoms with Crippen molar-refractivity contribution in [2.75, 3.05) is 5.88 Å². The summed E-state index contributed by atoms with van der Waals surface area (Å²) in [5.74, 6) is 0.548. The molecule has 0 unspecified atom stereocenters. The van der Waals surface area contributed by atoms with Crippen molar-refractivity contribution in [3.8, 4) is 0 Å². The molecule has 0 bridgehead atoms. The Labute approximate surface area is 129 Å². The van der Waals surface area contributed by atoms with Crippen LogP contribution in [0, 0.1) is 0 Å². The lowest BCUT2D eigenvalue weighted by atomic mass is 10.2. The molecule has 2 rings (SSSR count). The normalized spacial score (nSPS) is 8.84. The summed E-state index contributed by atoms with van der Waals surface area (Å²) in [6, 6.07) is 19.2. The van der Waals surface area contributed by atoms with Gasteiger partial charge in [-0.05, 0) is 24.3 Å². The number of nitrogens with one attached hydrogen (secondary N) is 1. The first-order valence-corrected chi connectivity index (χ1v) is 6.36. The SMILES string of the molecule is Cl.Cl.O=C(NCSc1ccccc1)c1ccccc1. The molecule has 2 aromatic rings. The van der Waals surface area contributed by atoms with Crippen LogP contribution in [0.5, 0.6) is 0 Å². The van der Waals surface area contributed by atoms with Gasteiger partial charge in [0.2, 0.25) is 0 Å². The van der Waals surface area contributed by atoms with Gasteiger partial charge in [-0.15, -0.1) is 36.6 Å². The first kappa shape index (κ1) is 17.8. The van der Waals surface area contributed by atoms with Crippen molar-refractivity contribution < 1.29 is 4.79 Å². The van der Waals surface area contributed by atoms with E-state index in [0.29, 0.717) is 11.4 Å². The highest BCUT2D eigenvalue weighted by atomic mass is 35.5. The van der Waals surface area contributed by atoms with E-state index in [1.807, 2.05) is 60.7 Å². The fourth-order valence-corrected chi connectivity index (χ4v) is 2.11. The molecule has 1 amide bonds. The van der Waals surface area contributed by atoms with Gasteiger partial charge in [0.25, 0.3) is 5.91 Å². The van der Waals surface area contributed by atoms with Crippen molar-refractivity contribution >= 4 is 42.5 Å². The van der Waals surface area contributed by atoms with Gasteiger partial charge in [0.1, 0.15) is 0 Å². The number of amides is 1. The van der Waals surface area contributed by atoms with Crippen LogP contribution in [0.4, 0.5) is 0 Å². The minimum absolute atomic E-state index is 0. The van der Waals surface area contributed by atoms with Crippen LogP contribution < -0.4 is 5.32 Å². The maximum Gasteiger partial charge on any atom is 0.251 e. The molecule has 0 radical (unpaired) electrons. The van der Waals surface area contributed by atoms with Crippen LogP contribution in [0.3, 0.4) is 0 Å². The van der Waals surface area contributed by atoms with E-state index in [4.69, 9.17) is 0 Å². The lowest BCUT2D eigenvalue weighted by molar-refractivity contribution is 0.0961. The quantitative estimate of drug-likeness (QED) is 0.682. The molecule has 5 heteroatoms. The molecule has 0 aliphatic rings. The van der Waals surface area contributed by atoms with Crippen molar-refractivity contribution in [2.24, 2.45) is 0 Å². The zero-order valence-electron chi connectivity index (χ0n) is 10.1. The van der Waals surface area contributed by atoms with Gasteiger partial charge >= 0.3 is 0 Å². The minimum atomic E-state index is -0.0333. The smallest absolute Gasteiger partial charge is 0.251 e. The number of carbonyl (C=O) groups is 1. The molecule has 0 spiro atoms. The molecule has 19 heavy (non-hydrogen) atoms. The van der Waals surface area contributed by atoms with E-state index in [1.54, 1.807) is 11.8 Å². The van der Waals surface area contributed by atoms with Crippen LogP contribution in [-0.2, 0) is 0 Å². The molecule has 0 aliphatic heterocycles. The number of hydrogen-bond acceptors (Lipinski definition) is 2. The third kappa shape index (κ3) is 6.01. The Morgan fingerprint density at radius 1 is 0.895 bits per heavy atom. The highest BCUT2D eigenvalue weighted by Crippen LogP contribution is 2.15. The molecule has 0 saturated heterocycles. The number of thioether (sulfide) groups is 1. The van der Waals surface area contributed by atoms with Gasteiger partial charge < -0.3 is 5.32 Å². The molecule has 2 nitrogen and oxygen atoms in total. The number of carbonyl (C=O) groups excluding carboxylic acids is 1. The second-order valence-electron chi connectivity index (χ2n) is 3.47. The summed E-state index contributed by atoms with van der Waals surface area (Å²) in [5.41, 5.74) is 0.696. The Kier molecular flexibility index (Phi) is 9.13. The van der Waals surface area contributed by atoms with Crippen LogP contribution in [0.2, 0.25) is 0 Å². The van der Waals surface area contributed by atoms with Crippen molar-refractivity contribution in [1.82, 2.24) is 5.32 Å². The van der Waals surface area contributed by atoms with Gasteiger partial charge in [0, 0.05) is 10.5 Å². The molecular weight excluding hydrogens is 301 g/mol. The molecular formula is C14H15Cl2NOS. The Hall–Kier alpha value is -1.16. The Bertz CT molecular complexity index is 479. The molecule has 0 aromatic heterocycles. The molecule has 0 atom stereocenters. The van der Waals surface area contributed by atoms with E-state index in [9.17, 15) is 4.79 Å². The van der Waals surface area contributed by atoms with Gasteiger partial charge in [-0.25, -0.2) is 0 Å². The van der Waals surface area contributed by atoms with Crippen LogP contribution in [0.25, 0.3) is 0 Å². The maximum absolute atomic E-state index is 11.7. The first-order chi connectivity index (χ1) is 8.36. The van der Waals surface area contributed by atoms with Crippen molar-refractivity contribution in [3.05, 3.63) is 66.2 Å². The van der Waals surface area contributed by atoms with Gasteiger partial charge in [0.15, 0.2) is 0 Å². The van der Waals surface area contributed by atoms with E-state index in [2.05, 4.69) is 5.32 Å². The summed E-state index contributed by atoms with van der Waals surface area (Å²) in [6.45, 7) is 0. The summed E-state index contributed by atoms with van der Waals surface area (Å²) >= 11 is 1.61. The third-order valence-corrected chi connectivity index (χ3v) is 3.14. The van der Waals surface area contributed by atoms with Crippen molar-refractivity contribution in [1.29, 1.82) is 0 Å². The van der Waals surface area contributed by atoms with E-state index in [0.717, 1.165) is 4.90 Å². The van der Waals surface area contributed by atoms with Crippen molar-refractivity contribution in [2.45, 2.75) is 4.90 Å². The van der Waals surface area contributed by atoms with E-state index in [-0.39, 0.29) is 30.7 Å². The Morgan fingerprint density at radius 2 is 1.42 bits per heavy atom. The predicted octanol–water partition coefficient (Wildman–Crippen LogP) is 4.01. The second kappa shape index (κ2) is 9.73. The predicted molar refractivity (Wildman–Crippen MR) is 85.6 cm³/mol. The number of benzene rings is 2. The summed E-state index contributed by atoms with van der Waals surface area (Å²) in [5, 5.41) is 2.87. The summed E-state index contributed by atoms with van der Waals surface area (Å²) in [7, 11) is 0. The second-order valence-corrected chi connectivity index (χ2v) is 4.52. The molecule has 0 heterocycles. The van der Waals surface area contributed by atoms with Crippen LogP contribution in [-0.4, -0.2) is 11.8 Å². The van der Waals surface area contributed by atoms with E-state index < -0.39 is 0 Å². The minimum Gasteiger partial charge on any atom is -0.343 e. The largest absolute Gasteiger partial charge is 0.343 e. The van der Waals surface area contributed by atoms with E-state index in [1.165, 1.54) is 0 Å². The molecule has 0 saturated carbocycles. The fourth-order valence-electron chi connectivity index (χ4n) is 1.39. The lowest BCUT2D eigenvalue weighted by Crippen LogP contribution is -2.22. The van der Waals surface area contributed by atoms with Crippen molar-refractivity contribution in [3.63, 3.8) is 0 Å². The molecule has 102 valence electrons. The monoisotopic (exact) mass is 315 g/mol. The molecule has 0 aliphatic carbocycles. The summed E-state index contributed by atoms with van der Waals surface area (Å²) < 4.78 is 0. The van der Waals surface area contributed by atoms with Gasteiger partial charge in [-0.1, -0.05) is 36.4 Å². The zero-order chi connectivity index (χ0) is 11.9. The summed E-state index contributed by atoms with van der Waals surface area (Å²) in [4.78, 5) is 12.9. The third-order valence-electron chi connectivity index (χ3n) is 2.25. The number of hydrogen-bond donors (Lipinski definition) is 1. The van der Waals surface area contributed by atoms with Crippen LogP contribution in [0.15, 0.2) is 65.6 Å². The lowest BCUT2D eigenvalue weighted by Gasteiger charge is -2.04. The average Bonchev–Trinajstić information content (AvgIpc) is 2.41. The van der Waals surface area contributed by atoms with Gasteiger partial charge in [0.05, 0.1) is 5.88 Å². The number of halogens is 2. The highest BCUT2D eigenvalue weighted by molar-refractivity contribution is 7.99. The zero-order valence-corrected chi connectivity index (χ0v) is 12.6.